The fourth-order valence-electron chi connectivity index (χ4n) is 3.94. The van der Waals surface area contributed by atoms with Crippen molar-refractivity contribution < 1.29 is 19.1 Å². The number of nitrogens with zero attached hydrogens (tertiary/aromatic N) is 4. The van der Waals surface area contributed by atoms with Crippen molar-refractivity contribution in [1.29, 1.82) is 0 Å². The van der Waals surface area contributed by atoms with Crippen LogP contribution in [0.1, 0.15) is 54.8 Å². The van der Waals surface area contributed by atoms with E-state index >= 15 is 0 Å². The normalized spacial score (nSPS) is 18.2. The van der Waals surface area contributed by atoms with Gasteiger partial charge in [0.05, 0.1) is 18.4 Å². The van der Waals surface area contributed by atoms with Crippen LogP contribution < -0.4 is 15.0 Å². The molecule has 3 heterocycles. The average Bonchev–Trinajstić information content (AvgIpc) is 2.98. The Kier molecular flexibility index (Phi) is 6.40. The molecule has 0 saturated carbocycles. The summed E-state index contributed by atoms with van der Waals surface area (Å²) in [7, 11) is 0. The molecule has 1 aromatic heterocycles. The third-order valence-electron chi connectivity index (χ3n) is 5.59. The van der Waals surface area contributed by atoms with Crippen LogP contribution in [0.4, 0.5) is 10.6 Å². The number of nitrogens with one attached hydrogen (secondary N) is 1. The van der Waals surface area contributed by atoms with Crippen molar-refractivity contribution in [2.75, 3.05) is 37.7 Å². The summed E-state index contributed by atoms with van der Waals surface area (Å²) >= 11 is 0. The molecule has 1 aromatic carbocycles. The second-order valence-corrected chi connectivity index (χ2v) is 9.45. The van der Waals surface area contributed by atoms with Gasteiger partial charge >= 0.3 is 6.09 Å². The van der Waals surface area contributed by atoms with Gasteiger partial charge in [0.1, 0.15) is 29.5 Å². The van der Waals surface area contributed by atoms with Crippen LogP contribution in [0.15, 0.2) is 30.6 Å². The number of amides is 2. The number of aryl methyl sites for hydroxylation is 1. The van der Waals surface area contributed by atoms with Crippen LogP contribution in [0.3, 0.4) is 0 Å². The van der Waals surface area contributed by atoms with Crippen molar-refractivity contribution in [3.05, 3.63) is 47.4 Å². The van der Waals surface area contributed by atoms with Crippen molar-refractivity contribution >= 4 is 17.8 Å². The van der Waals surface area contributed by atoms with Crippen LogP contribution in [0.25, 0.3) is 0 Å². The molecule has 2 aliphatic heterocycles. The Balaban J connectivity index is 1.35. The van der Waals surface area contributed by atoms with Crippen LogP contribution in [0.2, 0.25) is 0 Å². The molecule has 2 aromatic rings. The van der Waals surface area contributed by atoms with Crippen LogP contribution >= 0.6 is 0 Å². The first kappa shape index (κ1) is 22.8. The van der Waals surface area contributed by atoms with Crippen molar-refractivity contribution in [3.8, 4) is 5.75 Å². The molecule has 9 heteroatoms. The number of benzene rings is 1. The topological polar surface area (TPSA) is 96.9 Å². The Morgan fingerprint density at radius 2 is 1.94 bits per heavy atom. The summed E-state index contributed by atoms with van der Waals surface area (Å²) in [6.45, 7) is 10.5. The van der Waals surface area contributed by atoms with Gasteiger partial charge in [-0.2, -0.15) is 0 Å². The van der Waals surface area contributed by atoms with Gasteiger partial charge in [-0.25, -0.2) is 14.8 Å². The Hall–Kier alpha value is -3.36. The minimum absolute atomic E-state index is 0.210. The predicted molar refractivity (Wildman–Crippen MR) is 124 cm³/mol. The van der Waals surface area contributed by atoms with Crippen molar-refractivity contribution in [2.24, 2.45) is 0 Å². The number of carbonyl (C=O) groups is 2. The molecule has 1 fully saturated rings. The zero-order valence-electron chi connectivity index (χ0n) is 19.6. The molecule has 9 nitrogen and oxygen atoms in total. The summed E-state index contributed by atoms with van der Waals surface area (Å²) in [5.41, 5.74) is 1.83. The summed E-state index contributed by atoms with van der Waals surface area (Å²) in [4.78, 5) is 37.7. The lowest BCUT2D eigenvalue weighted by Gasteiger charge is -2.26. The number of anilines is 1. The lowest BCUT2D eigenvalue weighted by Crippen LogP contribution is -2.39. The van der Waals surface area contributed by atoms with E-state index in [1.807, 2.05) is 45.9 Å². The number of fused-ring (bicyclic) bond motifs is 1. The molecule has 176 valence electrons. The van der Waals surface area contributed by atoms with E-state index in [2.05, 4.69) is 20.2 Å². The number of ether oxygens (including phenoxy) is 2. The Morgan fingerprint density at radius 1 is 1.12 bits per heavy atom. The number of rotatable bonds is 3. The van der Waals surface area contributed by atoms with Crippen LogP contribution in [-0.2, 0) is 4.74 Å². The van der Waals surface area contributed by atoms with E-state index in [9.17, 15) is 9.59 Å². The minimum atomic E-state index is -0.517. The molecular formula is C24H31N5O4. The molecule has 0 spiro atoms. The fraction of sp³-hybridized carbons (Fsp3) is 0.500. The van der Waals surface area contributed by atoms with E-state index in [-0.39, 0.29) is 23.7 Å². The highest BCUT2D eigenvalue weighted by Crippen LogP contribution is 2.33. The van der Waals surface area contributed by atoms with Gasteiger partial charge in [0, 0.05) is 31.7 Å². The quantitative estimate of drug-likeness (QED) is 0.763. The summed E-state index contributed by atoms with van der Waals surface area (Å²) in [6, 6.07) is 5.74. The first-order chi connectivity index (χ1) is 15.7. The standard InChI is InChI=1S/C24H31N5O4/c1-16-6-7-20-17(12-16)19(15-32-20)27-22(30)18-13-26-21(14-25-18)28-8-5-9-29(11-10-28)23(31)33-24(2,3)4/h6-7,12-14,19H,5,8-11,15H2,1-4H3,(H,27,30). The predicted octanol–water partition coefficient (Wildman–Crippen LogP) is 3.10. The second-order valence-electron chi connectivity index (χ2n) is 9.45. The molecule has 0 radical (unpaired) electrons. The van der Waals surface area contributed by atoms with Gasteiger partial charge < -0.3 is 24.6 Å². The van der Waals surface area contributed by atoms with Crippen LogP contribution in [-0.4, -0.2) is 65.3 Å². The smallest absolute Gasteiger partial charge is 0.410 e. The van der Waals surface area contributed by atoms with Gasteiger partial charge in [0.15, 0.2) is 0 Å². The Morgan fingerprint density at radius 3 is 2.67 bits per heavy atom. The summed E-state index contributed by atoms with van der Waals surface area (Å²) in [5, 5.41) is 2.99. The van der Waals surface area contributed by atoms with E-state index in [1.165, 1.54) is 6.20 Å². The number of aromatic nitrogens is 2. The van der Waals surface area contributed by atoms with Crippen LogP contribution in [0.5, 0.6) is 5.75 Å². The summed E-state index contributed by atoms with van der Waals surface area (Å²) in [5.74, 6) is 1.20. The zero-order chi connectivity index (χ0) is 23.6. The number of hydrogen-bond donors (Lipinski definition) is 1. The van der Waals surface area contributed by atoms with E-state index < -0.39 is 5.60 Å². The SMILES string of the molecule is Cc1ccc2c(c1)C(NC(=O)c1cnc(N3CCCN(C(=O)OC(C)(C)C)CC3)cn1)CO2. The maximum absolute atomic E-state index is 12.7. The molecule has 2 amide bonds. The summed E-state index contributed by atoms with van der Waals surface area (Å²) in [6.07, 6.45) is 3.61. The maximum atomic E-state index is 12.7. The Bertz CT molecular complexity index is 1020. The molecule has 1 N–H and O–H groups in total. The van der Waals surface area contributed by atoms with Gasteiger partial charge in [-0.3, -0.25) is 4.79 Å². The van der Waals surface area contributed by atoms with E-state index in [4.69, 9.17) is 9.47 Å². The highest BCUT2D eigenvalue weighted by Gasteiger charge is 2.27. The van der Waals surface area contributed by atoms with E-state index in [0.29, 0.717) is 32.1 Å². The zero-order valence-corrected chi connectivity index (χ0v) is 19.6. The first-order valence-electron chi connectivity index (χ1n) is 11.3. The average molecular weight is 454 g/mol. The molecule has 33 heavy (non-hydrogen) atoms. The van der Waals surface area contributed by atoms with Gasteiger partial charge in [-0.15, -0.1) is 0 Å². The van der Waals surface area contributed by atoms with Gasteiger partial charge in [0.25, 0.3) is 5.91 Å². The van der Waals surface area contributed by atoms with E-state index in [0.717, 1.165) is 29.8 Å². The maximum Gasteiger partial charge on any atom is 0.410 e. The molecule has 4 rings (SSSR count). The van der Waals surface area contributed by atoms with Gasteiger partial charge in [-0.1, -0.05) is 17.7 Å². The number of hydrogen-bond acceptors (Lipinski definition) is 7. The largest absolute Gasteiger partial charge is 0.491 e. The fourth-order valence-corrected chi connectivity index (χ4v) is 3.94. The monoisotopic (exact) mass is 453 g/mol. The van der Waals surface area contributed by atoms with Gasteiger partial charge in [0.2, 0.25) is 0 Å². The molecule has 0 bridgehead atoms. The Labute approximate surface area is 194 Å². The third-order valence-corrected chi connectivity index (χ3v) is 5.59. The lowest BCUT2D eigenvalue weighted by atomic mass is 10.1. The third kappa shape index (κ3) is 5.53. The van der Waals surface area contributed by atoms with Crippen molar-refractivity contribution in [3.63, 3.8) is 0 Å². The molecule has 1 unspecified atom stereocenters. The molecular weight excluding hydrogens is 422 g/mol. The molecule has 0 aliphatic carbocycles. The van der Waals surface area contributed by atoms with Gasteiger partial charge in [-0.05, 0) is 40.2 Å². The second kappa shape index (κ2) is 9.25. The molecule has 2 aliphatic rings. The molecule has 1 atom stereocenters. The summed E-state index contributed by atoms with van der Waals surface area (Å²) < 4.78 is 11.2. The lowest BCUT2D eigenvalue weighted by molar-refractivity contribution is 0.0263. The highest BCUT2D eigenvalue weighted by molar-refractivity contribution is 5.92. The van der Waals surface area contributed by atoms with Crippen LogP contribution in [0, 0.1) is 6.92 Å². The van der Waals surface area contributed by atoms with E-state index in [1.54, 1.807) is 11.1 Å². The molecule has 1 saturated heterocycles. The van der Waals surface area contributed by atoms with Crippen molar-refractivity contribution in [1.82, 2.24) is 20.2 Å². The highest BCUT2D eigenvalue weighted by atomic mass is 16.6. The number of carbonyl (C=O) groups excluding carboxylic acids is 2. The van der Waals surface area contributed by atoms with Crippen molar-refractivity contribution in [2.45, 2.75) is 45.8 Å². The minimum Gasteiger partial charge on any atom is -0.491 e. The first-order valence-corrected chi connectivity index (χ1v) is 11.3.